The van der Waals surface area contributed by atoms with Crippen LogP contribution in [0.3, 0.4) is 0 Å². The Balaban J connectivity index is 1.16. The van der Waals surface area contributed by atoms with Crippen LogP contribution < -0.4 is 15.4 Å². The maximum atomic E-state index is 12.3. The van der Waals surface area contributed by atoms with E-state index >= 15 is 0 Å². The molecule has 0 saturated heterocycles. The molecule has 2 aromatic carbocycles. The third-order valence-corrected chi connectivity index (χ3v) is 5.73. The highest BCUT2D eigenvalue weighted by molar-refractivity contribution is 7.09. The smallest absolute Gasteiger partial charge is 0.242 e. The zero-order valence-corrected chi connectivity index (χ0v) is 19.3. The second kappa shape index (κ2) is 11.8. The van der Waals surface area contributed by atoms with E-state index in [2.05, 4.69) is 32.8 Å². The van der Waals surface area contributed by atoms with Crippen molar-refractivity contribution < 1.29 is 14.3 Å². The Bertz CT molecular complexity index is 1210. The van der Waals surface area contributed by atoms with Crippen LogP contribution in [0.25, 0.3) is 0 Å². The number of hydrogen-bond donors (Lipinski definition) is 2. The molecule has 9 heteroatoms. The zero-order valence-electron chi connectivity index (χ0n) is 18.5. The number of carbonyl (C=O) groups is 2. The molecule has 34 heavy (non-hydrogen) atoms. The van der Waals surface area contributed by atoms with E-state index in [4.69, 9.17) is 4.74 Å². The highest BCUT2D eigenvalue weighted by Crippen LogP contribution is 2.15. The van der Waals surface area contributed by atoms with Crippen molar-refractivity contribution in [3.63, 3.8) is 0 Å². The lowest BCUT2D eigenvalue weighted by molar-refractivity contribution is -0.122. The van der Waals surface area contributed by atoms with Gasteiger partial charge in [0, 0.05) is 18.0 Å². The highest BCUT2D eigenvalue weighted by atomic mass is 32.1. The van der Waals surface area contributed by atoms with Crippen LogP contribution in [0.15, 0.2) is 78.4 Å². The molecular formula is C25H25N5O3S. The van der Waals surface area contributed by atoms with Gasteiger partial charge in [0.2, 0.25) is 11.8 Å². The first kappa shape index (κ1) is 23.2. The lowest BCUT2D eigenvalue weighted by atomic mass is 10.2. The number of anilines is 1. The van der Waals surface area contributed by atoms with Gasteiger partial charge in [0.15, 0.2) is 0 Å². The van der Waals surface area contributed by atoms with Crippen LogP contribution in [0.2, 0.25) is 0 Å². The van der Waals surface area contributed by atoms with Gasteiger partial charge in [-0.05, 0) is 17.7 Å². The molecule has 0 aliphatic carbocycles. The number of ether oxygens (including phenoxy) is 1. The molecule has 0 spiro atoms. The first-order chi connectivity index (χ1) is 16.6. The fourth-order valence-corrected chi connectivity index (χ4v) is 4.02. The lowest BCUT2D eigenvalue weighted by Crippen LogP contribution is -2.27. The van der Waals surface area contributed by atoms with E-state index in [1.807, 2.05) is 53.9 Å². The Kier molecular flexibility index (Phi) is 8.02. The number of thiazole rings is 1. The van der Waals surface area contributed by atoms with Gasteiger partial charge in [-0.3, -0.25) is 14.3 Å². The maximum Gasteiger partial charge on any atom is 0.242 e. The fraction of sp³-hybridized carbons (Fsp3) is 0.200. The van der Waals surface area contributed by atoms with E-state index < -0.39 is 0 Å². The van der Waals surface area contributed by atoms with Crippen molar-refractivity contribution in [1.29, 1.82) is 0 Å². The lowest BCUT2D eigenvalue weighted by Gasteiger charge is -2.06. The van der Waals surface area contributed by atoms with Crippen LogP contribution in [0.1, 0.15) is 22.7 Å². The van der Waals surface area contributed by atoms with Gasteiger partial charge in [-0.25, -0.2) is 4.98 Å². The zero-order chi connectivity index (χ0) is 23.6. The summed E-state index contributed by atoms with van der Waals surface area (Å²) in [5.41, 5.74) is 2.57. The minimum Gasteiger partial charge on any atom is -0.493 e. The van der Waals surface area contributed by atoms with Crippen molar-refractivity contribution in [1.82, 2.24) is 20.1 Å². The second-order valence-electron chi connectivity index (χ2n) is 7.56. The fourth-order valence-electron chi connectivity index (χ4n) is 3.19. The molecule has 8 nitrogen and oxygen atoms in total. The van der Waals surface area contributed by atoms with E-state index in [-0.39, 0.29) is 31.4 Å². The summed E-state index contributed by atoms with van der Waals surface area (Å²) < 4.78 is 7.01. The third-order valence-electron chi connectivity index (χ3n) is 4.83. The molecule has 0 aliphatic heterocycles. The SMILES string of the molecule is O=C(Cn1cc(NC(=O)CCOc2ccccc2)cn1)NCc1csc(Cc2ccccc2)n1. The molecule has 4 aromatic rings. The Morgan fingerprint density at radius 3 is 2.56 bits per heavy atom. The molecule has 0 aliphatic rings. The van der Waals surface area contributed by atoms with Crippen LogP contribution in [0, 0.1) is 0 Å². The third kappa shape index (κ3) is 7.28. The summed E-state index contributed by atoms with van der Waals surface area (Å²) in [6.45, 7) is 0.681. The standard InChI is InChI=1S/C25H25N5O3S/c31-23(11-12-33-22-9-5-2-6-10-22)28-20-15-27-30(16-20)17-24(32)26-14-21-18-34-25(29-21)13-19-7-3-1-4-8-19/h1-10,15-16,18H,11-14,17H2,(H,26,32)(H,28,31). The van der Waals surface area contributed by atoms with Crippen molar-refractivity contribution in [2.45, 2.75) is 25.9 Å². The number of aromatic nitrogens is 3. The van der Waals surface area contributed by atoms with Gasteiger partial charge < -0.3 is 15.4 Å². The van der Waals surface area contributed by atoms with Crippen LogP contribution in [0.4, 0.5) is 5.69 Å². The van der Waals surface area contributed by atoms with Gasteiger partial charge in [-0.15, -0.1) is 11.3 Å². The molecule has 0 fully saturated rings. The molecule has 2 amide bonds. The monoisotopic (exact) mass is 475 g/mol. The van der Waals surface area contributed by atoms with Crippen LogP contribution in [-0.2, 0) is 29.1 Å². The summed E-state index contributed by atoms with van der Waals surface area (Å²) in [4.78, 5) is 29.0. The molecular weight excluding hydrogens is 450 g/mol. The van der Waals surface area contributed by atoms with Gasteiger partial charge in [0.1, 0.15) is 12.3 Å². The number of nitrogens with one attached hydrogen (secondary N) is 2. The van der Waals surface area contributed by atoms with Gasteiger partial charge in [-0.2, -0.15) is 5.10 Å². The molecule has 4 rings (SSSR count). The summed E-state index contributed by atoms with van der Waals surface area (Å²) in [6.07, 6.45) is 4.12. The molecule has 0 saturated carbocycles. The van der Waals surface area contributed by atoms with E-state index in [1.165, 1.54) is 16.4 Å². The summed E-state index contributed by atoms with van der Waals surface area (Å²) in [5, 5.41) is 12.7. The van der Waals surface area contributed by atoms with Crippen molar-refractivity contribution in [2.75, 3.05) is 11.9 Å². The average Bonchev–Trinajstić information content (AvgIpc) is 3.48. The van der Waals surface area contributed by atoms with E-state index in [9.17, 15) is 9.59 Å². The van der Waals surface area contributed by atoms with Gasteiger partial charge in [0.05, 0.1) is 42.2 Å². The molecule has 0 atom stereocenters. The molecule has 0 unspecified atom stereocenters. The maximum absolute atomic E-state index is 12.3. The average molecular weight is 476 g/mol. The predicted octanol–water partition coefficient (Wildman–Crippen LogP) is 3.65. The first-order valence-electron chi connectivity index (χ1n) is 10.9. The first-order valence-corrected chi connectivity index (χ1v) is 11.8. The summed E-state index contributed by atoms with van der Waals surface area (Å²) in [5.74, 6) is 0.351. The van der Waals surface area contributed by atoms with Crippen LogP contribution in [-0.4, -0.2) is 33.2 Å². The van der Waals surface area contributed by atoms with E-state index in [0.717, 1.165) is 22.9 Å². The van der Waals surface area contributed by atoms with Crippen molar-refractivity contribution in [3.05, 3.63) is 94.7 Å². The number of amides is 2. The number of benzene rings is 2. The van der Waals surface area contributed by atoms with Gasteiger partial charge >= 0.3 is 0 Å². The number of nitrogens with zero attached hydrogens (tertiary/aromatic N) is 3. The van der Waals surface area contributed by atoms with Crippen LogP contribution in [0.5, 0.6) is 5.75 Å². The molecule has 0 radical (unpaired) electrons. The highest BCUT2D eigenvalue weighted by Gasteiger charge is 2.09. The summed E-state index contributed by atoms with van der Waals surface area (Å²) >= 11 is 1.58. The number of hydrogen-bond acceptors (Lipinski definition) is 6. The molecule has 174 valence electrons. The summed E-state index contributed by atoms with van der Waals surface area (Å²) in [7, 11) is 0. The Hall–Kier alpha value is -3.98. The van der Waals surface area contributed by atoms with Crippen LogP contribution >= 0.6 is 11.3 Å². The largest absolute Gasteiger partial charge is 0.493 e. The number of carbonyl (C=O) groups excluding carboxylic acids is 2. The summed E-state index contributed by atoms with van der Waals surface area (Å²) in [6, 6.07) is 19.5. The minimum atomic E-state index is -0.185. The molecule has 2 aromatic heterocycles. The minimum absolute atomic E-state index is 0.0496. The van der Waals surface area contributed by atoms with Crippen molar-refractivity contribution in [3.8, 4) is 5.75 Å². The number of para-hydroxylation sites is 1. The van der Waals surface area contributed by atoms with Gasteiger partial charge in [-0.1, -0.05) is 48.5 Å². The van der Waals surface area contributed by atoms with E-state index in [0.29, 0.717) is 12.2 Å². The van der Waals surface area contributed by atoms with Crippen molar-refractivity contribution in [2.24, 2.45) is 0 Å². The number of rotatable bonds is 11. The molecule has 2 heterocycles. The topological polar surface area (TPSA) is 98.1 Å². The Morgan fingerprint density at radius 2 is 1.76 bits per heavy atom. The predicted molar refractivity (Wildman–Crippen MR) is 131 cm³/mol. The molecule has 2 N–H and O–H groups in total. The second-order valence-corrected chi connectivity index (χ2v) is 8.50. The van der Waals surface area contributed by atoms with Crippen molar-refractivity contribution >= 4 is 28.8 Å². The quantitative estimate of drug-likeness (QED) is 0.345. The normalized spacial score (nSPS) is 10.6. The molecule has 0 bridgehead atoms. The Morgan fingerprint density at radius 1 is 1.00 bits per heavy atom. The van der Waals surface area contributed by atoms with Gasteiger partial charge in [0.25, 0.3) is 0 Å². The van der Waals surface area contributed by atoms with E-state index in [1.54, 1.807) is 17.5 Å². The Labute approximate surface area is 201 Å².